The topological polar surface area (TPSA) is 121 Å². The SMILES string of the molecule is Cc1cc(-c2ncnn3cc(-c4cnn(CC(F)F)c4)cc23)ccc1CNC(=O)c1nnn(C(C)(C)C)n1. The Kier molecular flexibility index (Phi) is 6.43. The van der Waals surface area contributed by atoms with Gasteiger partial charge in [-0.15, -0.1) is 10.2 Å². The molecule has 5 rings (SSSR count). The van der Waals surface area contributed by atoms with Crippen LogP contribution in [0.4, 0.5) is 8.78 Å². The van der Waals surface area contributed by atoms with Crippen molar-refractivity contribution in [2.24, 2.45) is 0 Å². The van der Waals surface area contributed by atoms with Gasteiger partial charge in [-0.3, -0.25) is 9.48 Å². The minimum atomic E-state index is -2.48. The Balaban J connectivity index is 1.34. The minimum Gasteiger partial charge on any atom is -0.345 e. The second-order valence-electron chi connectivity index (χ2n) is 9.91. The van der Waals surface area contributed by atoms with E-state index in [4.69, 9.17) is 0 Å². The average molecular weight is 521 g/mol. The predicted octanol–water partition coefficient (Wildman–Crippen LogP) is 3.50. The highest BCUT2D eigenvalue weighted by atomic mass is 19.3. The van der Waals surface area contributed by atoms with Gasteiger partial charge in [0.1, 0.15) is 12.9 Å². The number of halogens is 2. The van der Waals surface area contributed by atoms with Crippen molar-refractivity contribution in [2.45, 2.75) is 52.7 Å². The molecule has 4 heterocycles. The monoisotopic (exact) mass is 520 g/mol. The summed E-state index contributed by atoms with van der Waals surface area (Å²) in [6, 6.07) is 7.76. The molecule has 0 fully saturated rings. The van der Waals surface area contributed by atoms with E-state index >= 15 is 0 Å². The molecule has 1 aromatic carbocycles. The van der Waals surface area contributed by atoms with Gasteiger partial charge in [-0.2, -0.15) is 15.0 Å². The molecule has 0 saturated carbocycles. The number of carbonyl (C=O) groups is 1. The van der Waals surface area contributed by atoms with Crippen LogP contribution in [0.5, 0.6) is 0 Å². The van der Waals surface area contributed by atoms with Gasteiger partial charge in [0.15, 0.2) is 0 Å². The number of amides is 1. The number of alkyl halides is 2. The minimum absolute atomic E-state index is 0.0151. The summed E-state index contributed by atoms with van der Waals surface area (Å²) in [5, 5.41) is 23.1. The quantitative estimate of drug-likeness (QED) is 0.349. The lowest BCUT2D eigenvalue weighted by atomic mass is 10.0. The first-order valence-corrected chi connectivity index (χ1v) is 11.9. The average Bonchev–Trinajstić information content (AvgIpc) is 3.61. The van der Waals surface area contributed by atoms with Crippen LogP contribution in [0.3, 0.4) is 0 Å². The molecule has 0 bridgehead atoms. The molecule has 1 amide bonds. The molecule has 0 aliphatic carbocycles. The van der Waals surface area contributed by atoms with E-state index in [-0.39, 0.29) is 11.4 Å². The number of carbonyl (C=O) groups excluding carboxylic acids is 1. The molecule has 11 nitrogen and oxygen atoms in total. The molecule has 1 N–H and O–H groups in total. The highest BCUT2D eigenvalue weighted by molar-refractivity contribution is 5.90. The molecule has 0 radical (unpaired) electrons. The van der Waals surface area contributed by atoms with Gasteiger partial charge in [-0.25, -0.2) is 18.3 Å². The van der Waals surface area contributed by atoms with Gasteiger partial charge in [0.25, 0.3) is 18.2 Å². The third-order valence-electron chi connectivity index (χ3n) is 5.97. The molecule has 13 heteroatoms. The van der Waals surface area contributed by atoms with Crippen LogP contribution in [0.2, 0.25) is 0 Å². The van der Waals surface area contributed by atoms with Crippen LogP contribution in [-0.4, -0.2) is 56.9 Å². The van der Waals surface area contributed by atoms with Crippen LogP contribution < -0.4 is 5.32 Å². The molecule has 0 spiro atoms. The van der Waals surface area contributed by atoms with E-state index in [2.05, 4.69) is 35.9 Å². The largest absolute Gasteiger partial charge is 0.345 e. The van der Waals surface area contributed by atoms with Crippen molar-refractivity contribution >= 4 is 11.4 Å². The van der Waals surface area contributed by atoms with Gasteiger partial charge in [0, 0.05) is 35.6 Å². The van der Waals surface area contributed by atoms with Crippen LogP contribution >= 0.6 is 0 Å². The molecule has 4 aromatic heterocycles. The number of benzene rings is 1. The highest BCUT2D eigenvalue weighted by Gasteiger charge is 2.20. The number of aryl methyl sites for hydroxylation is 1. The van der Waals surface area contributed by atoms with Crippen LogP contribution in [0.15, 0.2) is 49.2 Å². The van der Waals surface area contributed by atoms with Crippen molar-refractivity contribution < 1.29 is 13.6 Å². The molecule has 5 aromatic rings. The standard InChI is InChI=1S/C25H26F2N10O/c1-15-7-16(5-6-17(15)9-28-24(38)23-32-34-37(33-23)25(2,3)4)22-20-8-18(12-36(20)31-14-29-22)19-10-30-35(11-19)13-21(26)27/h5-8,10-12,14,21H,9,13H2,1-4H3,(H,28,38). The number of fused-ring (bicyclic) bond motifs is 1. The predicted molar refractivity (Wildman–Crippen MR) is 134 cm³/mol. The van der Waals surface area contributed by atoms with Crippen molar-refractivity contribution in [1.29, 1.82) is 0 Å². The molecule has 0 unspecified atom stereocenters. The normalized spacial score (nSPS) is 12.0. The van der Waals surface area contributed by atoms with E-state index in [1.807, 2.05) is 58.2 Å². The number of nitrogens with one attached hydrogen (secondary N) is 1. The van der Waals surface area contributed by atoms with Crippen LogP contribution in [0, 0.1) is 6.92 Å². The number of tetrazole rings is 1. The first kappa shape index (κ1) is 25.1. The van der Waals surface area contributed by atoms with Gasteiger partial charge in [-0.05, 0) is 56.2 Å². The van der Waals surface area contributed by atoms with Crippen molar-refractivity contribution in [3.63, 3.8) is 0 Å². The second kappa shape index (κ2) is 9.72. The number of aromatic nitrogens is 9. The number of nitrogens with zero attached hydrogens (tertiary/aromatic N) is 9. The van der Waals surface area contributed by atoms with E-state index in [1.165, 1.54) is 15.8 Å². The third kappa shape index (κ3) is 5.12. The zero-order valence-corrected chi connectivity index (χ0v) is 21.3. The second-order valence-corrected chi connectivity index (χ2v) is 9.91. The molecule has 196 valence electrons. The van der Waals surface area contributed by atoms with Gasteiger partial charge in [0.05, 0.1) is 22.9 Å². The number of hydrogen-bond donors (Lipinski definition) is 1. The van der Waals surface area contributed by atoms with Gasteiger partial charge in [0.2, 0.25) is 0 Å². The van der Waals surface area contributed by atoms with Crippen molar-refractivity contribution in [1.82, 2.24) is 49.9 Å². The summed E-state index contributed by atoms with van der Waals surface area (Å²) in [5.41, 5.74) is 5.37. The summed E-state index contributed by atoms with van der Waals surface area (Å²) >= 11 is 0. The van der Waals surface area contributed by atoms with E-state index in [0.717, 1.165) is 27.8 Å². The molecule has 0 atom stereocenters. The maximum Gasteiger partial charge on any atom is 0.293 e. The Morgan fingerprint density at radius 2 is 1.89 bits per heavy atom. The van der Waals surface area contributed by atoms with Crippen molar-refractivity contribution in [3.05, 3.63) is 66.1 Å². The fourth-order valence-corrected chi connectivity index (χ4v) is 3.95. The molecule has 0 saturated heterocycles. The Hall–Kier alpha value is -4.55. The van der Waals surface area contributed by atoms with Crippen LogP contribution in [-0.2, 0) is 18.6 Å². The van der Waals surface area contributed by atoms with Crippen molar-refractivity contribution in [2.75, 3.05) is 0 Å². The van der Waals surface area contributed by atoms with Crippen molar-refractivity contribution in [3.8, 4) is 22.4 Å². The van der Waals surface area contributed by atoms with Crippen LogP contribution in [0.25, 0.3) is 27.9 Å². The lowest BCUT2D eigenvalue weighted by Crippen LogP contribution is -2.27. The maximum atomic E-state index is 12.7. The Labute approximate surface area is 216 Å². The third-order valence-corrected chi connectivity index (χ3v) is 5.97. The number of rotatable bonds is 7. The molecule has 0 aliphatic rings. The van der Waals surface area contributed by atoms with Crippen LogP contribution in [0.1, 0.15) is 42.5 Å². The first-order chi connectivity index (χ1) is 18.1. The summed E-state index contributed by atoms with van der Waals surface area (Å²) in [4.78, 5) is 18.4. The van der Waals surface area contributed by atoms with E-state index in [0.29, 0.717) is 17.8 Å². The summed E-state index contributed by atoms with van der Waals surface area (Å²) in [7, 11) is 0. The molecular formula is C25H26F2N10O. The van der Waals surface area contributed by atoms with E-state index in [1.54, 1.807) is 16.9 Å². The summed E-state index contributed by atoms with van der Waals surface area (Å²) in [6.07, 6.45) is 3.93. The van der Waals surface area contributed by atoms with Gasteiger partial charge < -0.3 is 5.32 Å². The fourth-order valence-electron chi connectivity index (χ4n) is 3.95. The Bertz CT molecular complexity index is 1610. The smallest absolute Gasteiger partial charge is 0.293 e. The van der Waals surface area contributed by atoms with Gasteiger partial charge in [-0.1, -0.05) is 12.1 Å². The lowest BCUT2D eigenvalue weighted by molar-refractivity contribution is 0.0939. The zero-order chi connectivity index (χ0) is 27.0. The lowest BCUT2D eigenvalue weighted by Gasteiger charge is -2.15. The zero-order valence-electron chi connectivity index (χ0n) is 21.3. The first-order valence-electron chi connectivity index (χ1n) is 11.9. The summed E-state index contributed by atoms with van der Waals surface area (Å²) < 4.78 is 28.3. The fraction of sp³-hybridized carbons (Fsp3) is 0.320. The maximum absolute atomic E-state index is 12.7. The highest BCUT2D eigenvalue weighted by Crippen LogP contribution is 2.29. The molecule has 38 heavy (non-hydrogen) atoms. The summed E-state index contributed by atoms with van der Waals surface area (Å²) in [5.74, 6) is -0.388. The summed E-state index contributed by atoms with van der Waals surface area (Å²) in [6.45, 7) is 7.56. The Morgan fingerprint density at radius 3 is 2.61 bits per heavy atom. The van der Waals surface area contributed by atoms with E-state index in [9.17, 15) is 13.6 Å². The molecule has 0 aliphatic heterocycles. The van der Waals surface area contributed by atoms with E-state index < -0.39 is 18.9 Å². The van der Waals surface area contributed by atoms with Gasteiger partial charge >= 0.3 is 0 Å². The number of hydrogen-bond acceptors (Lipinski definition) is 7. The Morgan fingerprint density at radius 1 is 1.08 bits per heavy atom. The molecular weight excluding hydrogens is 494 g/mol.